The lowest BCUT2D eigenvalue weighted by molar-refractivity contribution is -0.191. The molecule has 0 aromatic heterocycles. The van der Waals surface area contributed by atoms with Crippen LogP contribution in [0, 0.1) is 0 Å². The van der Waals surface area contributed by atoms with Gasteiger partial charge in [0.1, 0.15) is 88.4 Å². The Morgan fingerprint density at radius 2 is 0.876 bits per heavy atom. The summed E-state index contributed by atoms with van der Waals surface area (Å²) in [7, 11) is 0. The fourth-order valence-electron chi connectivity index (χ4n) is 11.9. The van der Waals surface area contributed by atoms with E-state index in [1.165, 1.54) is 75.6 Å². The molecular weight excluding hydrogens is 1360 g/mol. The highest BCUT2D eigenvalue weighted by Gasteiger charge is 2.53. The number of aliphatic hydroxyl groups excluding tert-OH is 4. The molecule has 0 saturated heterocycles. The van der Waals surface area contributed by atoms with E-state index >= 15 is 0 Å². The summed E-state index contributed by atoms with van der Waals surface area (Å²) in [5, 5.41) is 97.5. The highest BCUT2D eigenvalue weighted by molar-refractivity contribution is 5.99. The number of aryl methyl sites for hydroxylation is 2. The number of rotatable bonds is 41. The van der Waals surface area contributed by atoms with Crippen LogP contribution in [-0.4, -0.2) is 186 Å². The predicted octanol–water partition coefficient (Wildman–Crippen LogP) is 6.39. The van der Waals surface area contributed by atoms with Crippen LogP contribution in [0.25, 0.3) is 0 Å². The summed E-state index contributed by atoms with van der Waals surface area (Å²) in [5.41, 5.74) is 15.0. The Kier molecular flexibility index (Phi) is 37.2. The molecule has 5 amide bonds. The standard InChI is InChI=1S/C41H62N4O11.C36H54N4O9/c1-5-6-7-8-9-10-24-54-30-20-16-28(17-21-30)44-36(49)32(12-11-23-43-39(52)56-40(2,3)4)45-38(51)41(53)25-33(47)35(48)34(26-41)55-37(50)31(42)22-15-27-13-18-29(46)19-14-27;1-2-3-4-5-6-7-21-48-27-17-13-25(14-18-27)39-33(44)29(9-8-20-37)40-35(46)36(47)22-30(42)32(43)31(23-36)49-34(45)28(38)19-12-24-10-15-26(41)16-11-24/h13-14,16-21,31-35,46-48,53H,5-12,15,22-26,42H2,1-4H3,(H,43,52)(H,44,49)(H,45,51);10-11,13-18,28-32,41-43,47H,2-9,12,19-23,37-38H2,1H3,(H,39,44)(H,40,46). The largest absolute Gasteiger partial charge is 0.508 e. The quantitative estimate of drug-likeness (QED) is 0.0130. The van der Waals surface area contributed by atoms with Gasteiger partial charge in [0, 0.05) is 43.6 Å². The number of hydrogen-bond donors (Lipinski definition) is 16. The zero-order valence-electron chi connectivity index (χ0n) is 61.5. The van der Waals surface area contributed by atoms with Crippen molar-refractivity contribution in [1.29, 1.82) is 0 Å². The third-order valence-corrected chi connectivity index (χ3v) is 18.1. The number of hydrogen-bond acceptors (Lipinski definition) is 23. The lowest BCUT2D eigenvalue weighted by Gasteiger charge is -2.41. The summed E-state index contributed by atoms with van der Waals surface area (Å²) in [6.07, 6.45) is 3.45. The van der Waals surface area contributed by atoms with Gasteiger partial charge in [0.2, 0.25) is 11.8 Å². The smallest absolute Gasteiger partial charge is 0.407 e. The van der Waals surface area contributed by atoms with E-state index in [4.69, 9.17) is 40.9 Å². The first-order valence-corrected chi connectivity index (χ1v) is 37.0. The number of esters is 2. The second kappa shape index (κ2) is 44.7. The first kappa shape index (κ1) is 87.4. The molecule has 0 spiro atoms. The van der Waals surface area contributed by atoms with Crippen LogP contribution < -0.4 is 53.3 Å². The van der Waals surface area contributed by atoms with Gasteiger partial charge >= 0.3 is 18.0 Å². The van der Waals surface area contributed by atoms with E-state index < -0.39 is 145 Å². The predicted molar refractivity (Wildman–Crippen MR) is 394 cm³/mol. The van der Waals surface area contributed by atoms with Crippen LogP contribution in [0.5, 0.6) is 23.0 Å². The maximum atomic E-state index is 13.7. The number of aromatic hydroxyl groups is 2. The molecule has 2 saturated carbocycles. The van der Waals surface area contributed by atoms with Gasteiger partial charge in [0.25, 0.3) is 11.8 Å². The van der Waals surface area contributed by atoms with Gasteiger partial charge in [-0.1, -0.05) is 102 Å². The minimum Gasteiger partial charge on any atom is -0.508 e. The third-order valence-electron chi connectivity index (χ3n) is 18.1. The van der Waals surface area contributed by atoms with Crippen molar-refractivity contribution in [2.75, 3.05) is 36.9 Å². The monoisotopic (exact) mass is 1470 g/mol. The zero-order chi connectivity index (χ0) is 77.1. The average Bonchev–Trinajstić information content (AvgIpc) is 0.791. The number of anilines is 2. The van der Waals surface area contributed by atoms with Crippen molar-refractivity contribution in [3.05, 3.63) is 108 Å². The molecule has 584 valence electrons. The van der Waals surface area contributed by atoms with Crippen molar-refractivity contribution in [2.45, 2.75) is 266 Å². The second-order valence-corrected chi connectivity index (χ2v) is 28.4. The number of carbonyl (C=O) groups excluding carboxylic acids is 7. The Morgan fingerprint density at radius 1 is 0.505 bits per heavy atom. The van der Waals surface area contributed by atoms with Crippen molar-refractivity contribution in [2.24, 2.45) is 17.2 Å². The number of phenols is 2. The van der Waals surface area contributed by atoms with E-state index in [1.54, 1.807) is 93.6 Å². The van der Waals surface area contributed by atoms with E-state index in [0.717, 1.165) is 36.8 Å². The fraction of sp³-hybridized carbons (Fsp3) is 0.597. The molecule has 105 heavy (non-hydrogen) atoms. The van der Waals surface area contributed by atoms with Crippen molar-refractivity contribution in [1.82, 2.24) is 16.0 Å². The second-order valence-electron chi connectivity index (χ2n) is 28.4. The highest BCUT2D eigenvalue weighted by Crippen LogP contribution is 2.34. The summed E-state index contributed by atoms with van der Waals surface area (Å²) in [5.74, 6) is -3.41. The molecule has 28 nitrogen and oxygen atoms in total. The van der Waals surface area contributed by atoms with Gasteiger partial charge < -0.3 is 108 Å². The Morgan fingerprint density at radius 3 is 1.25 bits per heavy atom. The molecule has 0 heterocycles. The summed E-state index contributed by atoms with van der Waals surface area (Å²) >= 11 is 0. The molecule has 12 unspecified atom stereocenters. The molecule has 2 aliphatic carbocycles. The lowest BCUT2D eigenvalue weighted by Crippen LogP contribution is -2.62. The van der Waals surface area contributed by atoms with Gasteiger partial charge in [0.05, 0.1) is 25.4 Å². The Labute approximate surface area is 616 Å². The van der Waals surface area contributed by atoms with Crippen LogP contribution >= 0.6 is 0 Å². The fourth-order valence-corrected chi connectivity index (χ4v) is 11.9. The Hall–Kier alpha value is -8.19. The third kappa shape index (κ3) is 31.4. The summed E-state index contributed by atoms with van der Waals surface area (Å²) in [4.78, 5) is 91.8. The number of aliphatic hydroxyl groups is 6. The number of ether oxygens (including phenoxy) is 5. The van der Waals surface area contributed by atoms with Crippen molar-refractivity contribution >= 4 is 53.0 Å². The number of carbonyl (C=O) groups is 7. The van der Waals surface area contributed by atoms with Crippen molar-refractivity contribution in [3.63, 3.8) is 0 Å². The van der Waals surface area contributed by atoms with Crippen molar-refractivity contribution in [3.8, 4) is 23.0 Å². The van der Waals surface area contributed by atoms with Gasteiger partial charge in [0.15, 0.2) is 0 Å². The Balaban J connectivity index is 0.000000380. The van der Waals surface area contributed by atoms with E-state index in [9.17, 15) is 74.4 Å². The van der Waals surface area contributed by atoms with E-state index in [1.807, 2.05) is 0 Å². The van der Waals surface area contributed by atoms with Crippen LogP contribution in [-0.2, 0) is 55.8 Å². The van der Waals surface area contributed by atoms with Crippen LogP contribution in [0.4, 0.5) is 16.2 Å². The number of phenolic OH excluding ortho intramolecular Hbond substituents is 2. The molecule has 12 atom stereocenters. The van der Waals surface area contributed by atoms with Gasteiger partial charge in [-0.05, 0) is 175 Å². The minimum atomic E-state index is -2.35. The van der Waals surface area contributed by atoms with Crippen LogP contribution in [0.15, 0.2) is 97.1 Å². The average molecular weight is 1470 g/mol. The molecule has 4 aromatic rings. The van der Waals surface area contributed by atoms with Crippen molar-refractivity contribution < 1.29 is 98.1 Å². The minimum absolute atomic E-state index is 0.0301. The topological polar surface area (TPSA) is 466 Å². The van der Waals surface area contributed by atoms with E-state index in [-0.39, 0.29) is 56.7 Å². The number of unbranched alkanes of at least 4 members (excludes halogenated alkanes) is 10. The molecule has 28 heteroatoms. The molecule has 2 fully saturated rings. The van der Waals surface area contributed by atoms with Gasteiger partial charge in [-0.25, -0.2) is 4.79 Å². The van der Waals surface area contributed by atoms with Crippen LogP contribution in [0.1, 0.15) is 187 Å². The summed E-state index contributed by atoms with van der Waals surface area (Å²) in [6.45, 7) is 11.1. The first-order valence-electron chi connectivity index (χ1n) is 37.0. The zero-order valence-corrected chi connectivity index (χ0v) is 61.5. The molecule has 19 N–H and O–H groups in total. The highest BCUT2D eigenvalue weighted by atomic mass is 16.6. The van der Waals surface area contributed by atoms with Crippen LogP contribution in [0.2, 0.25) is 0 Å². The maximum Gasteiger partial charge on any atom is 0.407 e. The number of benzene rings is 4. The van der Waals surface area contributed by atoms with Gasteiger partial charge in [-0.3, -0.25) is 28.8 Å². The summed E-state index contributed by atoms with van der Waals surface area (Å²) in [6, 6.07) is 21.9. The molecular formula is C77H116N8O20. The van der Waals surface area contributed by atoms with Crippen LogP contribution in [0.3, 0.4) is 0 Å². The van der Waals surface area contributed by atoms with E-state index in [0.29, 0.717) is 55.4 Å². The number of alkyl carbamates (subject to hydrolysis) is 1. The number of amides is 5. The SMILES string of the molecule is CCCCCCCCOc1ccc(NC(=O)C(CCCN)NC(=O)C2(O)CC(O)C(O)C(OC(=O)C(N)CCc3ccc(O)cc3)C2)cc1.CCCCCCCCOc1ccc(NC(=O)C(CCCNC(=O)OC(C)(C)C)NC(=O)C2(O)CC(O)C(O)C(OC(=O)C(N)CCc3ccc(O)cc3)C2)cc1. The molecule has 0 aliphatic heterocycles. The molecule has 6 rings (SSSR count). The molecule has 4 aromatic carbocycles. The van der Waals surface area contributed by atoms with E-state index in [2.05, 4.69) is 40.4 Å². The normalized spacial score (nSPS) is 21.1. The van der Waals surface area contributed by atoms with Gasteiger partial charge in [-0.2, -0.15) is 0 Å². The molecule has 0 radical (unpaired) electrons. The first-order chi connectivity index (χ1) is 49.9. The number of nitrogens with two attached hydrogens (primary N) is 3. The number of nitrogens with one attached hydrogen (secondary N) is 5. The maximum absolute atomic E-state index is 13.7. The lowest BCUT2D eigenvalue weighted by atomic mass is 9.78. The molecule has 0 bridgehead atoms. The molecule has 2 aliphatic rings. The Bertz CT molecular complexity index is 3270. The van der Waals surface area contributed by atoms with Gasteiger partial charge in [-0.15, -0.1) is 0 Å². The summed E-state index contributed by atoms with van der Waals surface area (Å²) < 4.78 is 27.7.